The Balaban J connectivity index is 0.00000169. The standard InChI is InChI=1S/C19H28N2OS.ClH/c1-13-2-5-16-17(12-23-18(16)10-13)19(22)21-8-6-15(7-9-21)20-11-14-3-4-14;/h12-15,20H,2-11H2,1H3;1H. The van der Waals surface area contributed by atoms with Gasteiger partial charge in [-0.25, -0.2) is 0 Å². The summed E-state index contributed by atoms with van der Waals surface area (Å²) in [6.07, 6.45) is 8.54. The number of halogens is 1. The lowest BCUT2D eigenvalue weighted by Gasteiger charge is -2.33. The van der Waals surface area contributed by atoms with Gasteiger partial charge in [0.25, 0.3) is 5.91 Å². The SMILES string of the molecule is CC1CCc2c(C(=O)N3CCC(NCC4CC4)CC3)csc2C1.Cl. The molecule has 0 radical (unpaired) electrons. The molecule has 2 heterocycles. The number of thiophene rings is 1. The summed E-state index contributed by atoms with van der Waals surface area (Å²) >= 11 is 1.81. The van der Waals surface area contributed by atoms with Gasteiger partial charge >= 0.3 is 0 Å². The largest absolute Gasteiger partial charge is 0.338 e. The number of hydrogen-bond donors (Lipinski definition) is 1. The van der Waals surface area contributed by atoms with E-state index in [1.807, 2.05) is 11.3 Å². The minimum Gasteiger partial charge on any atom is -0.338 e. The van der Waals surface area contributed by atoms with E-state index in [2.05, 4.69) is 22.5 Å². The molecule has 4 rings (SSSR count). The fourth-order valence-corrected chi connectivity index (χ4v) is 5.21. The number of piperidine rings is 1. The van der Waals surface area contributed by atoms with Gasteiger partial charge in [-0.15, -0.1) is 23.7 Å². The molecule has 1 N–H and O–H groups in total. The van der Waals surface area contributed by atoms with Crippen molar-refractivity contribution in [1.29, 1.82) is 0 Å². The second kappa shape index (κ2) is 7.76. The molecule has 2 aliphatic carbocycles. The third kappa shape index (κ3) is 3.97. The van der Waals surface area contributed by atoms with Crippen LogP contribution in [-0.4, -0.2) is 36.5 Å². The Morgan fingerprint density at radius 2 is 2.00 bits per heavy atom. The number of carbonyl (C=O) groups is 1. The summed E-state index contributed by atoms with van der Waals surface area (Å²) in [4.78, 5) is 16.5. The summed E-state index contributed by atoms with van der Waals surface area (Å²) in [5, 5.41) is 5.82. The van der Waals surface area contributed by atoms with Gasteiger partial charge in [-0.2, -0.15) is 0 Å². The number of nitrogens with one attached hydrogen (secondary N) is 1. The Bertz CT molecular complexity index is 576. The van der Waals surface area contributed by atoms with Gasteiger partial charge < -0.3 is 10.2 Å². The Morgan fingerprint density at radius 3 is 2.71 bits per heavy atom. The van der Waals surface area contributed by atoms with Crippen molar-refractivity contribution in [2.24, 2.45) is 11.8 Å². The highest BCUT2D eigenvalue weighted by Gasteiger charge is 2.29. The molecule has 134 valence electrons. The van der Waals surface area contributed by atoms with Crippen molar-refractivity contribution in [2.75, 3.05) is 19.6 Å². The van der Waals surface area contributed by atoms with Gasteiger partial charge in [0.2, 0.25) is 0 Å². The highest BCUT2D eigenvalue weighted by Crippen LogP contribution is 2.34. The van der Waals surface area contributed by atoms with E-state index in [0.29, 0.717) is 6.04 Å². The predicted molar refractivity (Wildman–Crippen MR) is 102 cm³/mol. The lowest BCUT2D eigenvalue weighted by Crippen LogP contribution is -2.45. The molecule has 1 aromatic rings. The number of rotatable bonds is 4. The number of amides is 1. The van der Waals surface area contributed by atoms with Crippen molar-refractivity contribution >= 4 is 29.7 Å². The molecule has 2 fully saturated rings. The van der Waals surface area contributed by atoms with E-state index < -0.39 is 0 Å². The first-order chi connectivity index (χ1) is 11.2. The normalized spacial score (nSPS) is 24.4. The van der Waals surface area contributed by atoms with E-state index in [1.165, 1.54) is 42.7 Å². The van der Waals surface area contributed by atoms with Crippen LogP contribution < -0.4 is 5.32 Å². The summed E-state index contributed by atoms with van der Waals surface area (Å²) in [5.41, 5.74) is 2.38. The number of fused-ring (bicyclic) bond motifs is 1. The Kier molecular flexibility index (Phi) is 5.89. The summed E-state index contributed by atoms with van der Waals surface area (Å²) in [5.74, 6) is 2.00. The molecule has 0 aromatic carbocycles. The maximum atomic E-state index is 12.9. The van der Waals surface area contributed by atoms with Gasteiger partial charge in [-0.3, -0.25) is 4.79 Å². The van der Waals surface area contributed by atoms with E-state index in [0.717, 1.165) is 49.8 Å². The van der Waals surface area contributed by atoms with Crippen molar-refractivity contribution in [1.82, 2.24) is 10.2 Å². The quantitative estimate of drug-likeness (QED) is 0.874. The number of likely N-dealkylation sites (tertiary alicyclic amines) is 1. The maximum absolute atomic E-state index is 12.9. The second-order valence-corrected chi connectivity index (χ2v) is 8.78. The van der Waals surface area contributed by atoms with E-state index in [-0.39, 0.29) is 18.3 Å². The van der Waals surface area contributed by atoms with Crippen LogP contribution in [0, 0.1) is 11.8 Å². The zero-order valence-corrected chi connectivity index (χ0v) is 16.2. The molecule has 1 saturated heterocycles. The average molecular weight is 369 g/mol. The van der Waals surface area contributed by atoms with E-state index >= 15 is 0 Å². The van der Waals surface area contributed by atoms with E-state index in [4.69, 9.17) is 0 Å². The van der Waals surface area contributed by atoms with E-state index in [1.54, 1.807) is 0 Å². The number of nitrogens with zero attached hydrogens (tertiary/aromatic N) is 1. The zero-order chi connectivity index (χ0) is 15.8. The molecule has 1 saturated carbocycles. The Morgan fingerprint density at radius 1 is 1.25 bits per heavy atom. The molecule has 1 aromatic heterocycles. The molecule has 24 heavy (non-hydrogen) atoms. The topological polar surface area (TPSA) is 32.3 Å². The number of hydrogen-bond acceptors (Lipinski definition) is 3. The molecule has 1 atom stereocenters. The number of carbonyl (C=O) groups excluding carboxylic acids is 1. The van der Waals surface area contributed by atoms with Crippen LogP contribution in [0.1, 0.15) is 59.8 Å². The van der Waals surface area contributed by atoms with Crippen molar-refractivity contribution in [2.45, 2.75) is 57.9 Å². The van der Waals surface area contributed by atoms with Crippen LogP contribution >= 0.6 is 23.7 Å². The second-order valence-electron chi connectivity index (χ2n) is 7.82. The highest BCUT2D eigenvalue weighted by molar-refractivity contribution is 7.10. The predicted octanol–water partition coefficient (Wildman–Crippen LogP) is 3.90. The fraction of sp³-hybridized carbons (Fsp3) is 0.737. The van der Waals surface area contributed by atoms with Crippen molar-refractivity contribution < 1.29 is 4.79 Å². The third-order valence-corrected chi connectivity index (χ3v) is 6.86. The van der Waals surface area contributed by atoms with Gasteiger partial charge in [0.1, 0.15) is 0 Å². The van der Waals surface area contributed by atoms with E-state index in [9.17, 15) is 4.79 Å². The lowest BCUT2D eigenvalue weighted by molar-refractivity contribution is 0.0704. The first-order valence-electron chi connectivity index (χ1n) is 9.32. The smallest absolute Gasteiger partial charge is 0.254 e. The summed E-state index contributed by atoms with van der Waals surface area (Å²) in [6.45, 7) is 5.35. The molecule has 3 nitrogen and oxygen atoms in total. The summed E-state index contributed by atoms with van der Waals surface area (Å²) in [7, 11) is 0. The van der Waals surface area contributed by atoms with Crippen LogP contribution in [0.5, 0.6) is 0 Å². The molecule has 1 amide bonds. The zero-order valence-electron chi connectivity index (χ0n) is 14.6. The van der Waals surface area contributed by atoms with Crippen LogP contribution in [0.25, 0.3) is 0 Å². The minimum absolute atomic E-state index is 0. The highest BCUT2D eigenvalue weighted by atomic mass is 35.5. The molecule has 5 heteroatoms. The van der Waals surface area contributed by atoms with Crippen molar-refractivity contribution in [3.63, 3.8) is 0 Å². The minimum atomic E-state index is 0. The molecule has 3 aliphatic rings. The lowest BCUT2D eigenvalue weighted by atomic mass is 9.88. The fourth-order valence-electron chi connectivity index (χ4n) is 3.97. The molecule has 1 unspecified atom stereocenters. The van der Waals surface area contributed by atoms with Gasteiger partial charge in [-0.05, 0) is 68.9 Å². The van der Waals surface area contributed by atoms with Crippen molar-refractivity contribution in [3.8, 4) is 0 Å². The Labute approximate surface area is 155 Å². The monoisotopic (exact) mass is 368 g/mol. The van der Waals surface area contributed by atoms with Gasteiger partial charge in [0.05, 0.1) is 5.56 Å². The van der Waals surface area contributed by atoms with Crippen LogP contribution in [0.4, 0.5) is 0 Å². The first kappa shape index (κ1) is 18.2. The van der Waals surface area contributed by atoms with Crippen molar-refractivity contribution in [3.05, 3.63) is 21.4 Å². The van der Waals surface area contributed by atoms with Crippen LogP contribution in [0.2, 0.25) is 0 Å². The molecule has 1 aliphatic heterocycles. The maximum Gasteiger partial charge on any atom is 0.254 e. The molecule has 0 spiro atoms. The summed E-state index contributed by atoms with van der Waals surface area (Å²) in [6, 6.07) is 0.622. The van der Waals surface area contributed by atoms with Crippen LogP contribution in [0.3, 0.4) is 0 Å². The van der Waals surface area contributed by atoms with Crippen LogP contribution in [0.15, 0.2) is 5.38 Å². The molecule has 0 bridgehead atoms. The Hall–Kier alpha value is -0.580. The van der Waals surface area contributed by atoms with Gasteiger partial charge in [0.15, 0.2) is 0 Å². The third-order valence-electron chi connectivity index (χ3n) is 5.81. The van der Waals surface area contributed by atoms with Crippen LogP contribution in [-0.2, 0) is 12.8 Å². The first-order valence-corrected chi connectivity index (χ1v) is 10.2. The summed E-state index contributed by atoms with van der Waals surface area (Å²) < 4.78 is 0. The average Bonchev–Trinajstić information content (AvgIpc) is 3.31. The van der Waals surface area contributed by atoms with Gasteiger partial charge in [-0.1, -0.05) is 6.92 Å². The molecular weight excluding hydrogens is 340 g/mol. The molecular formula is C19H29ClN2OS. The van der Waals surface area contributed by atoms with Gasteiger partial charge in [0, 0.05) is 29.4 Å².